The number of ketones is 1. The van der Waals surface area contributed by atoms with Crippen LogP contribution in [0.15, 0.2) is 88.7 Å². The zero-order valence-corrected chi connectivity index (χ0v) is 16.9. The average Bonchev–Trinajstić information content (AvgIpc) is 3.26. The van der Waals surface area contributed by atoms with Gasteiger partial charge in [-0.25, -0.2) is 4.79 Å². The third-order valence-electron chi connectivity index (χ3n) is 5.63. The first-order valence-corrected chi connectivity index (χ1v) is 10.4. The van der Waals surface area contributed by atoms with Crippen LogP contribution in [-0.2, 0) is 9.59 Å². The highest BCUT2D eigenvalue weighted by Gasteiger charge is 2.39. The molecular formula is C25H22N2O4. The van der Waals surface area contributed by atoms with Gasteiger partial charge in [-0.2, -0.15) is 0 Å². The monoisotopic (exact) mass is 414 g/mol. The van der Waals surface area contributed by atoms with Crippen LogP contribution in [0.2, 0.25) is 0 Å². The van der Waals surface area contributed by atoms with Crippen molar-refractivity contribution in [2.24, 2.45) is 0 Å². The van der Waals surface area contributed by atoms with E-state index in [9.17, 15) is 9.59 Å². The lowest BCUT2D eigenvalue weighted by Gasteiger charge is -2.33. The van der Waals surface area contributed by atoms with E-state index in [1.807, 2.05) is 53.4 Å². The fourth-order valence-electron chi connectivity index (χ4n) is 4.31. The fourth-order valence-corrected chi connectivity index (χ4v) is 4.31. The van der Waals surface area contributed by atoms with Gasteiger partial charge in [-0.3, -0.25) is 4.79 Å². The van der Waals surface area contributed by atoms with Crippen molar-refractivity contribution in [1.29, 1.82) is 0 Å². The summed E-state index contributed by atoms with van der Waals surface area (Å²) in [6.07, 6.45) is 3.65. The molecule has 2 heterocycles. The second-order valence-electron chi connectivity index (χ2n) is 7.64. The Hall–Kier alpha value is -3.80. The molecule has 0 saturated heterocycles. The third-order valence-corrected chi connectivity index (χ3v) is 5.63. The maximum atomic E-state index is 13.1. The van der Waals surface area contributed by atoms with Crippen molar-refractivity contribution < 1.29 is 18.7 Å². The van der Waals surface area contributed by atoms with Crippen LogP contribution in [0.3, 0.4) is 0 Å². The number of anilines is 2. The first kappa shape index (κ1) is 19.2. The average molecular weight is 414 g/mol. The molecule has 5 rings (SSSR count). The van der Waals surface area contributed by atoms with Crippen LogP contribution < -0.4 is 15.0 Å². The maximum absolute atomic E-state index is 13.1. The molecule has 31 heavy (non-hydrogen) atoms. The number of Topliss-reactive ketones (excluding diaryl/α,β-unsaturated/α-hetero) is 1. The Morgan fingerprint density at radius 1 is 1.03 bits per heavy atom. The lowest BCUT2D eigenvalue weighted by Crippen LogP contribution is -2.38. The molecule has 1 aliphatic heterocycles. The van der Waals surface area contributed by atoms with E-state index in [1.165, 1.54) is 0 Å². The number of esters is 1. The number of ether oxygens (including phenoxy) is 1. The molecule has 6 nitrogen and oxygen atoms in total. The van der Waals surface area contributed by atoms with Crippen molar-refractivity contribution in [3.05, 3.63) is 90.0 Å². The van der Waals surface area contributed by atoms with Crippen LogP contribution in [0.1, 0.15) is 31.1 Å². The Labute approximate surface area is 180 Å². The minimum absolute atomic E-state index is 0.0387. The van der Waals surface area contributed by atoms with Gasteiger partial charge in [0.2, 0.25) is 0 Å². The normalized spacial score (nSPS) is 18.0. The van der Waals surface area contributed by atoms with Gasteiger partial charge in [-0.05, 0) is 49.2 Å². The van der Waals surface area contributed by atoms with Crippen LogP contribution in [-0.4, -0.2) is 18.3 Å². The highest BCUT2D eigenvalue weighted by molar-refractivity contribution is 6.01. The molecule has 0 amide bonds. The second kappa shape index (κ2) is 8.14. The van der Waals surface area contributed by atoms with Crippen molar-refractivity contribution in [2.45, 2.75) is 25.3 Å². The van der Waals surface area contributed by atoms with Gasteiger partial charge in [-0.1, -0.05) is 30.3 Å². The molecule has 3 aromatic rings. The molecule has 1 aliphatic carbocycles. The number of furan rings is 1. The number of hydrogen-bond acceptors (Lipinski definition) is 6. The summed E-state index contributed by atoms with van der Waals surface area (Å²) in [5.74, 6) is 0.764. The molecule has 2 aliphatic rings. The Morgan fingerprint density at radius 3 is 2.65 bits per heavy atom. The molecule has 2 aromatic carbocycles. The first-order chi connectivity index (χ1) is 15.2. The number of rotatable bonds is 4. The summed E-state index contributed by atoms with van der Waals surface area (Å²) in [4.78, 5) is 27.9. The third kappa shape index (κ3) is 3.72. The minimum Gasteiger partial charge on any atom is -0.467 e. The quantitative estimate of drug-likeness (QED) is 0.485. The molecule has 6 heteroatoms. The number of carbonyl (C=O) groups excluding carboxylic acids is 2. The van der Waals surface area contributed by atoms with E-state index in [4.69, 9.17) is 9.15 Å². The Kier molecular flexibility index (Phi) is 5.04. The van der Waals surface area contributed by atoms with Gasteiger partial charge in [0, 0.05) is 17.7 Å². The molecule has 1 atom stereocenters. The van der Waals surface area contributed by atoms with Gasteiger partial charge < -0.3 is 19.4 Å². The topological polar surface area (TPSA) is 71.8 Å². The highest BCUT2D eigenvalue weighted by Crippen LogP contribution is 2.44. The predicted molar refractivity (Wildman–Crippen MR) is 117 cm³/mol. The standard InChI is InChI=1S/C25H22N2O4/c28-21-13-6-11-19-24(21)25(22-14-7-15-30-22)27(20-12-5-4-10-18(20)26-19)16-23(29)31-17-8-2-1-3-9-17/h1-5,7-10,12,14-15,25-26H,6,11,13,16H2. The van der Waals surface area contributed by atoms with Crippen LogP contribution in [0.5, 0.6) is 5.75 Å². The SMILES string of the molecule is O=C(CN1c2ccccc2NC2=C(C(=O)CCC2)C1c1ccco1)Oc1ccccc1. The molecular weight excluding hydrogens is 392 g/mol. The number of nitrogens with one attached hydrogen (secondary N) is 1. The van der Waals surface area contributed by atoms with Crippen LogP contribution in [0, 0.1) is 0 Å². The maximum Gasteiger partial charge on any atom is 0.330 e. The van der Waals surface area contributed by atoms with E-state index < -0.39 is 12.0 Å². The van der Waals surface area contributed by atoms with Crippen molar-refractivity contribution in [2.75, 3.05) is 16.8 Å². The van der Waals surface area contributed by atoms with Crippen LogP contribution >= 0.6 is 0 Å². The molecule has 1 aromatic heterocycles. The molecule has 1 unspecified atom stereocenters. The smallest absolute Gasteiger partial charge is 0.330 e. The van der Waals surface area contributed by atoms with Gasteiger partial charge in [0.15, 0.2) is 5.78 Å². The van der Waals surface area contributed by atoms with Gasteiger partial charge in [0.25, 0.3) is 0 Å². The summed E-state index contributed by atoms with van der Waals surface area (Å²) in [6, 6.07) is 19.9. The van der Waals surface area contributed by atoms with Crippen LogP contribution in [0.25, 0.3) is 0 Å². The number of nitrogens with zero attached hydrogens (tertiary/aromatic N) is 1. The van der Waals surface area contributed by atoms with Crippen molar-refractivity contribution in [3.8, 4) is 5.75 Å². The molecule has 0 radical (unpaired) electrons. The minimum atomic E-state index is -0.516. The second-order valence-corrected chi connectivity index (χ2v) is 7.64. The summed E-state index contributed by atoms with van der Waals surface area (Å²) in [7, 11) is 0. The van der Waals surface area contributed by atoms with Crippen molar-refractivity contribution in [1.82, 2.24) is 0 Å². The van der Waals surface area contributed by atoms with Crippen molar-refractivity contribution in [3.63, 3.8) is 0 Å². The molecule has 0 spiro atoms. The zero-order valence-electron chi connectivity index (χ0n) is 16.9. The van der Waals surface area contributed by atoms with Gasteiger partial charge in [0.05, 0.1) is 17.6 Å². The highest BCUT2D eigenvalue weighted by atomic mass is 16.5. The predicted octanol–water partition coefficient (Wildman–Crippen LogP) is 4.87. The molecule has 0 saturated carbocycles. The summed E-state index contributed by atoms with van der Waals surface area (Å²) in [5, 5.41) is 3.46. The molecule has 156 valence electrons. The van der Waals surface area contributed by atoms with E-state index in [1.54, 1.807) is 24.5 Å². The van der Waals surface area contributed by atoms with E-state index in [2.05, 4.69) is 5.32 Å². The largest absolute Gasteiger partial charge is 0.467 e. The molecule has 1 N–H and O–H groups in total. The number of benzene rings is 2. The van der Waals surface area contributed by atoms with Gasteiger partial charge in [-0.15, -0.1) is 0 Å². The summed E-state index contributed by atoms with van der Waals surface area (Å²) >= 11 is 0. The van der Waals surface area contributed by atoms with E-state index >= 15 is 0 Å². The fraction of sp³-hybridized carbons (Fsp3) is 0.200. The van der Waals surface area contributed by atoms with Crippen molar-refractivity contribution >= 4 is 23.1 Å². The molecule has 0 fully saturated rings. The van der Waals surface area contributed by atoms with E-state index in [0.29, 0.717) is 23.5 Å². The number of fused-ring (bicyclic) bond motifs is 1. The number of para-hydroxylation sites is 3. The zero-order chi connectivity index (χ0) is 21.2. The number of carbonyl (C=O) groups is 2. The van der Waals surface area contributed by atoms with E-state index in [-0.39, 0.29) is 12.3 Å². The Balaban J connectivity index is 1.59. The lowest BCUT2D eigenvalue weighted by atomic mass is 9.88. The summed E-state index contributed by atoms with van der Waals surface area (Å²) in [6.45, 7) is -0.0387. The first-order valence-electron chi connectivity index (χ1n) is 10.4. The Bertz CT molecular complexity index is 1140. The number of allylic oxidation sites excluding steroid dienone is 1. The van der Waals surface area contributed by atoms with Gasteiger partial charge in [0.1, 0.15) is 24.1 Å². The lowest BCUT2D eigenvalue weighted by molar-refractivity contribution is -0.133. The number of hydrogen-bond donors (Lipinski definition) is 1. The summed E-state index contributed by atoms with van der Waals surface area (Å²) < 4.78 is 11.3. The van der Waals surface area contributed by atoms with E-state index in [0.717, 1.165) is 29.9 Å². The summed E-state index contributed by atoms with van der Waals surface area (Å²) in [5.41, 5.74) is 3.22. The Morgan fingerprint density at radius 2 is 1.84 bits per heavy atom. The molecule has 0 bridgehead atoms. The van der Waals surface area contributed by atoms with Gasteiger partial charge >= 0.3 is 5.97 Å². The van der Waals surface area contributed by atoms with Crippen LogP contribution in [0.4, 0.5) is 11.4 Å².